The molecule has 138 valence electrons. The molecule has 0 radical (unpaired) electrons. The van der Waals surface area contributed by atoms with Crippen LogP contribution in [-0.2, 0) is 9.53 Å². The predicted molar refractivity (Wildman–Crippen MR) is 103 cm³/mol. The molecular formula is C20H19N3O4. The standard InChI is InChI=1S/C20H19N3O4/c1-3-27-20(26)15-13(21)9-10-14-16(15)17(22-11(2)24)18(23-14)19(25)12-7-5-4-6-8-12/h4-10,23H,3,21H2,1-2H3,(H,22,24). The van der Waals surface area contributed by atoms with E-state index in [9.17, 15) is 14.4 Å². The van der Waals surface area contributed by atoms with Gasteiger partial charge in [-0.05, 0) is 19.1 Å². The first kappa shape index (κ1) is 18.2. The van der Waals surface area contributed by atoms with Crippen molar-refractivity contribution in [3.63, 3.8) is 0 Å². The molecule has 0 spiro atoms. The summed E-state index contributed by atoms with van der Waals surface area (Å²) in [6.07, 6.45) is 0. The molecule has 1 amide bonds. The van der Waals surface area contributed by atoms with Crippen LogP contribution in [0.2, 0.25) is 0 Å². The Morgan fingerprint density at radius 2 is 1.81 bits per heavy atom. The highest BCUT2D eigenvalue weighted by molar-refractivity contribution is 6.22. The molecule has 7 heteroatoms. The fourth-order valence-corrected chi connectivity index (χ4v) is 2.93. The van der Waals surface area contributed by atoms with Crippen molar-refractivity contribution in [1.29, 1.82) is 0 Å². The van der Waals surface area contributed by atoms with Gasteiger partial charge in [-0.3, -0.25) is 9.59 Å². The molecule has 1 aromatic heterocycles. The number of nitrogens with one attached hydrogen (secondary N) is 2. The molecule has 0 aliphatic rings. The van der Waals surface area contributed by atoms with Crippen LogP contribution in [0.25, 0.3) is 10.9 Å². The maximum absolute atomic E-state index is 13.0. The molecule has 2 aromatic carbocycles. The lowest BCUT2D eigenvalue weighted by atomic mass is 10.0. The summed E-state index contributed by atoms with van der Waals surface area (Å²) >= 11 is 0. The molecule has 0 saturated carbocycles. The SMILES string of the molecule is CCOC(=O)c1c(N)ccc2[nH]c(C(=O)c3ccccc3)c(NC(C)=O)c12. The molecule has 0 saturated heterocycles. The van der Waals surface area contributed by atoms with Gasteiger partial charge in [0.1, 0.15) is 5.69 Å². The van der Waals surface area contributed by atoms with Crippen LogP contribution in [-0.4, -0.2) is 29.3 Å². The van der Waals surface area contributed by atoms with Crippen LogP contribution in [0.1, 0.15) is 40.3 Å². The first-order chi connectivity index (χ1) is 12.9. The van der Waals surface area contributed by atoms with Crippen molar-refractivity contribution in [2.45, 2.75) is 13.8 Å². The smallest absolute Gasteiger partial charge is 0.340 e. The number of esters is 1. The number of aromatic amines is 1. The number of ether oxygens (including phenoxy) is 1. The molecule has 0 bridgehead atoms. The second-order valence-corrected chi connectivity index (χ2v) is 5.92. The largest absolute Gasteiger partial charge is 0.462 e. The molecule has 3 aromatic rings. The average Bonchev–Trinajstić information content (AvgIpc) is 2.99. The van der Waals surface area contributed by atoms with Crippen molar-refractivity contribution in [2.24, 2.45) is 0 Å². The highest BCUT2D eigenvalue weighted by atomic mass is 16.5. The lowest BCUT2D eigenvalue weighted by Gasteiger charge is -2.10. The molecule has 0 fully saturated rings. The summed E-state index contributed by atoms with van der Waals surface area (Å²) in [5.41, 5.74) is 7.63. The third kappa shape index (κ3) is 3.39. The van der Waals surface area contributed by atoms with Crippen LogP contribution >= 0.6 is 0 Å². The summed E-state index contributed by atoms with van der Waals surface area (Å²) in [7, 11) is 0. The fourth-order valence-electron chi connectivity index (χ4n) is 2.93. The number of nitrogens with two attached hydrogens (primary N) is 1. The monoisotopic (exact) mass is 365 g/mol. The van der Waals surface area contributed by atoms with Crippen LogP contribution in [0.3, 0.4) is 0 Å². The van der Waals surface area contributed by atoms with Gasteiger partial charge < -0.3 is 20.8 Å². The number of nitrogen functional groups attached to an aromatic ring is 1. The van der Waals surface area contributed by atoms with Crippen LogP contribution in [0.5, 0.6) is 0 Å². The minimum Gasteiger partial charge on any atom is -0.462 e. The van der Waals surface area contributed by atoms with Gasteiger partial charge in [-0.2, -0.15) is 0 Å². The van der Waals surface area contributed by atoms with Gasteiger partial charge in [0.2, 0.25) is 11.7 Å². The normalized spacial score (nSPS) is 10.6. The number of aromatic nitrogens is 1. The Labute approximate surface area is 155 Å². The minimum absolute atomic E-state index is 0.112. The van der Waals surface area contributed by atoms with E-state index >= 15 is 0 Å². The van der Waals surface area contributed by atoms with E-state index in [2.05, 4.69) is 10.3 Å². The Hall–Kier alpha value is -3.61. The van der Waals surface area contributed by atoms with Crippen molar-refractivity contribution in [3.8, 4) is 0 Å². The Bertz CT molecular complexity index is 1040. The Kier molecular flexibility index (Phi) is 4.94. The number of benzene rings is 2. The van der Waals surface area contributed by atoms with Gasteiger partial charge in [0.05, 0.1) is 17.9 Å². The zero-order chi connectivity index (χ0) is 19.6. The van der Waals surface area contributed by atoms with Gasteiger partial charge in [-0.15, -0.1) is 0 Å². The van der Waals surface area contributed by atoms with Gasteiger partial charge in [0.15, 0.2) is 0 Å². The number of H-pyrrole nitrogens is 1. The second kappa shape index (κ2) is 7.33. The van der Waals surface area contributed by atoms with Crippen molar-refractivity contribution in [3.05, 3.63) is 59.3 Å². The van der Waals surface area contributed by atoms with E-state index in [0.717, 1.165) is 0 Å². The molecule has 0 aliphatic carbocycles. The van der Waals surface area contributed by atoms with E-state index in [1.807, 2.05) is 0 Å². The number of carbonyl (C=O) groups excluding carboxylic acids is 3. The molecule has 0 aliphatic heterocycles. The summed E-state index contributed by atoms with van der Waals surface area (Å²) < 4.78 is 5.10. The van der Waals surface area contributed by atoms with Crippen LogP contribution in [0, 0.1) is 0 Å². The molecule has 27 heavy (non-hydrogen) atoms. The number of hydrogen-bond donors (Lipinski definition) is 3. The average molecular weight is 365 g/mol. The highest BCUT2D eigenvalue weighted by Crippen LogP contribution is 2.35. The molecule has 7 nitrogen and oxygen atoms in total. The van der Waals surface area contributed by atoms with Gasteiger partial charge in [0, 0.05) is 29.1 Å². The maximum atomic E-state index is 13.0. The number of rotatable bonds is 5. The Balaban J connectivity index is 2.29. The van der Waals surface area contributed by atoms with Crippen molar-refractivity contribution >= 4 is 39.9 Å². The van der Waals surface area contributed by atoms with E-state index < -0.39 is 5.97 Å². The quantitative estimate of drug-likeness (QED) is 0.365. The lowest BCUT2D eigenvalue weighted by molar-refractivity contribution is -0.114. The summed E-state index contributed by atoms with van der Waals surface area (Å²) in [4.78, 5) is 40.2. The van der Waals surface area contributed by atoms with E-state index in [-0.39, 0.29) is 40.9 Å². The summed E-state index contributed by atoms with van der Waals surface area (Å²) in [6, 6.07) is 11.8. The predicted octanol–water partition coefficient (Wildman–Crippen LogP) is 3.12. The third-order valence-electron chi connectivity index (χ3n) is 4.04. The zero-order valence-corrected chi connectivity index (χ0v) is 15.0. The Morgan fingerprint density at radius 3 is 2.44 bits per heavy atom. The maximum Gasteiger partial charge on any atom is 0.340 e. The number of fused-ring (bicyclic) bond motifs is 1. The topological polar surface area (TPSA) is 114 Å². The molecule has 1 heterocycles. The first-order valence-electron chi connectivity index (χ1n) is 8.42. The van der Waals surface area contributed by atoms with Gasteiger partial charge >= 0.3 is 5.97 Å². The van der Waals surface area contributed by atoms with Crippen LogP contribution in [0.4, 0.5) is 11.4 Å². The van der Waals surface area contributed by atoms with Crippen molar-refractivity contribution in [2.75, 3.05) is 17.7 Å². The first-order valence-corrected chi connectivity index (χ1v) is 8.42. The number of anilines is 2. The van der Waals surface area contributed by atoms with Gasteiger partial charge in [-0.25, -0.2) is 4.79 Å². The third-order valence-corrected chi connectivity index (χ3v) is 4.04. The highest BCUT2D eigenvalue weighted by Gasteiger charge is 2.26. The molecule has 0 atom stereocenters. The van der Waals surface area contributed by atoms with Crippen molar-refractivity contribution < 1.29 is 19.1 Å². The second-order valence-electron chi connectivity index (χ2n) is 5.92. The fraction of sp³-hybridized carbons (Fsp3) is 0.150. The summed E-state index contributed by atoms with van der Waals surface area (Å²) in [5, 5.41) is 3.01. The molecule has 4 N–H and O–H groups in total. The summed E-state index contributed by atoms with van der Waals surface area (Å²) in [5.74, 6) is -1.32. The molecule has 3 rings (SSSR count). The number of amides is 1. The summed E-state index contributed by atoms with van der Waals surface area (Å²) in [6.45, 7) is 3.18. The molecular weight excluding hydrogens is 346 g/mol. The van der Waals surface area contributed by atoms with Crippen molar-refractivity contribution in [1.82, 2.24) is 4.98 Å². The van der Waals surface area contributed by atoms with Gasteiger partial charge in [0.25, 0.3) is 0 Å². The van der Waals surface area contributed by atoms with Crippen LogP contribution < -0.4 is 11.1 Å². The molecule has 0 unspecified atom stereocenters. The van der Waals surface area contributed by atoms with E-state index in [0.29, 0.717) is 16.5 Å². The van der Waals surface area contributed by atoms with E-state index in [1.54, 1.807) is 49.4 Å². The number of carbonyl (C=O) groups is 3. The number of hydrogen-bond acceptors (Lipinski definition) is 5. The number of ketones is 1. The lowest BCUT2D eigenvalue weighted by Crippen LogP contribution is -2.13. The van der Waals surface area contributed by atoms with Gasteiger partial charge in [-0.1, -0.05) is 30.3 Å². The van der Waals surface area contributed by atoms with E-state index in [1.165, 1.54) is 6.92 Å². The zero-order valence-electron chi connectivity index (χ0n) is 15.0. The van der Waals surface area contributed by atoms with E-state index in [4.69, 9.17) is 10.5 Å². The minimum atomic E-state index is -0.620. The Morgan fingerprint density at radius 1 is 1.11 bits per heavy atom. The van der Waals surface area contributed by atoms with Crippen LogP contribution in [0.15, 0.2) is 42.5 Å².